The van der Waals surface area contributed by atoms with Crippen molar-refractivity contribution in [3.05, 3.63) is 60.4 Å². The lowest BCUT2D eigenvalue weighted by Crippen LogP contribution is -2.36. The molecule has 0 amide bonds. The van der Waals surface area contributed by atoms with E-state index in [1.54, 1.807) is 6.20 Å². The zero-order valence-electron chi connectivity index (χ0n) is 17.8. The van der Waals surface area contributed by atoms with Crippen LogP contribution in [0.15, 0.2) is 54.9 Å². The zero-order chi connectivity index (χ0) is 21.8. The molecule has 0 spiro atoms. The van der Waals surface area contributed by atoms with Crippen molar-refractivity contribution in [2.45, 2.75) is 25.4 Å². The maximum Gasteiger partial charge on any atom is 0.137 e. The lowest BCUT2D eigenvalue weighted by Gasteiger charge is -2.28. The van der Waals surface area contributed by atoms with Crippen LogP contribution in [0.25, 0.3) is 11.1 Å². The fourth-order valence-electron chi connectivity index (χ4n) is 3.85. The predicted molar refractivity (Wildman–Crippen MR) is 123 cm³/mol. The fraction of sp³-hybridized carbons (Fsp3) is 0.320. The van der Waals surface area contributed by atoms with Gasteiger partial charge in [-0.05, 0) is 66.8 Å². The molecule has 2 aromatic heterocycles. The van der Waals surface area contributed by atoms with Crippen molar-refractivity contribution in [2.24, 2.45) is 0 Å². The highest BCUT2D eigenvalue weighted by Gasteiger charge is 2.20. The van der Waals surface area contributed by atoms with Gasteiger partial charge < -0.3 is 19.7 Å². The van der Waals surface area contributed by atoms with Crippen molar-refractivity contribution < 1.29 is 9.47 Å². The molecule has 2 fully saturated rings. The van der Waals surface area contributed by atoms with Crippen LogP contribution in [-0.4, -0.2) is 42.4 Å². The smallest absolute Gasteiger partial charge is 0.137 e. The average Bonchev–Trinajstić information content (AvgIpc) is 2.82. The Kier molecular flexibility index (Phi) is 5.86. The molecule has 7 heteroatoms. The van der Waals surface area contributed by atoms with Crippen molar-refractivity contribution in [3.63, 3.8) is 0 Å². The molecule has 2 aliphatic rings. The third-order valence-electron chi connectivity index (χ3n) is 5.92. The lowest BCUT2D eigenvalue weighted by atomic mass is 9.96. The van der Waals surface area contributed by atoms with Crippen LogP contribution >= 0.6 is 0 Å². The molecule has 1 saturated carbocycles. The summed E-state index contributed by atoms with van der Waals surface area (Å²) >= 11 is 0. The molecule has 162 valence electrons. The van der Waals surface area contributed by atoms with E-state index in [-0.39, 0.29) is 6.10 Å². The minimum absolute atomic E-state index is 0.242. The summed E-state index contributed by atoms with van der Waals surface area (Å²) in [5.74, 6) is 2.09. The number of hydrogen-bond donors (Lipinski definition) is 1. The van der Waals surface area contributed by atoms with E-state index in [4.69, 9.17) is 9.47 Å². The summed E-state index contributed by atoms with van der Waals surface area (Å²) in [6, 6.07) is 15.9. The van der Waals surface area contributed by atoms with E-state index in [1.807, 2.05) is 42.6 Å². The van der Waals surface area contributed by atoms with Gasteiger partial charge in [0.15, 0.2) is 0 Å². The number of anilines is 3. The molecule has 1 N–H and O–H groups in total. The van der Waals surface area contributed by atoms with Crippen molar-refractivity contribution >= 4 is 17.3 Å². The number of nitrogens with one attached hydrogen (secondary N) is 1. The maximum absolute atomic E-state index is 9.59. The summed E-state index contributed by atoms with van der Waals surface area (Å²) in [6.45, 7) is 3.26. The second-order valence-electron chi connectivity index (χ2n) is 8.05. The summed E-state index contributed by atoms with van der Waals surface area (Å²) < 4.78 is 11.4. The van der Waals surface area contributed by atoms with E-state index in [0.29, 0.717) is 17.1 Å². The van der Waals surface area contributed by atoms with Crippen molar-refractivity contribution in [2.75, 3.05) is 36.5 Å². The number of ether oxygens (including phenoxy) is 2. The molecule has 32 heavy (non-hydrogen) atoms. The largest absolute Gasteiger partial charge is 0.489 e. The number of pyridine rings is 2. The number of hydrogen-bond acceptors (Lipinski definition) is 7. The molecular formula is C25H25N5O2. The monoisotopic (exact) mass is 427 g/mol. The molecule has 1 saturated heterocycles. The molecule has 1 aliphatic carbocycles. The van der Waals surface area contributed by atoms with E-state index < -0.39 is 0 Å². The third-order valence-corrected chi connectivity index (χ3v) is 5.92. The summed E-state index contributed by atoms with van der Waals surface area (Å²) in [6.07, 6.45) is 7.19. The van der Waals surface area contributed by atoms with Gasteiger partial charge in [-0.3, -0.25) is 0 Å². The Hall–Kier alpha value is -3.63. The maximum atomic E-state index is 9.59. The van der Waals surface area contributed by atoms with Crippen LogP contribution in [0, 0.1) is 11.3 Å². The Balaban J connectivity index is 1.30. The number of morpholine rings is 1. The number of aromatic nitrogens is 2. The van der Waals surface area contributed by atoms with Crippen LogP contribution in [0.4, 0.5) is 17.3 Å². The van der Waals surface area contributed by atoms with Gasteiger partial charge in [0.25, 0.3) is 0 Å². The molecule has 0 unspecified atom stereocenters. The Bertz CT molecular complexity index is 1120. The van der Waals surface area contributed by atoms with E-state index in [0.717, 1.165) is 61.8 Å². The molecule has 1 aliphatic heterocycles. The Labute approximate surface area is 187 Å². The second kappa shape index (κ2) is 9.25. The average molecular weight is 428 g/mol. The summed E-state index contributed by atoms with van der Waals surface area (Å²) in [7, 11) is 0. The van der Waals surface area contributed by atoms with E-state index in [2.05, 4.69) is 32.3 Å². The molecular weight excluding hydrogens is 402 g/mol. The Morgan fingerprint density at radius 1 is 1.00 bits per heavy atom. The molecule has 3 heterocycles. The number of nitriles is 1. The van der Waals surface area contributed by atoms with Gasteiger partial charge >= 0.3 is 0 Å². The van der Waals surface area contributed by atoms with Crippen LogP contribution in [0.3, 0.4) is 0 Å². The molecule has 7 nitrogen and oxygen atoms in total. The van der Waals surface area contributed by atoms with Crippen molar-refractivity contribution in [3.8, 4) is 22.9 Å². The molecule has 5 rings (SSSR count). The number of rotatable bonds is 6. The number of benzene rings is 1. The van der Waals surface area contributed by atoms with Gasteiger partial charge in [0.1, 0.15) is 23.5 Å². The SMILES string of the molecule is N#Cc1cc(-c2ccnc(Nc3ccc(N4CCOCC4)cn3)c2)ccc1OC1CCC1. The first-order chi connectivity index (χ1) is 15.8. The zero-order valence-corrected chi connectivity index (χ0v) is 17.8. The van der Waals surface area contributed by atoms with Gasteiger partial charge in [-0.1, -0.05) is 6.07 Å². The van der Waals surface area contributed by atoms with Crippen LogP contribution in [-0.2, 0) is 4.74 Å². The standard InChI is InChI=1S/C25H25N5O2/c26-16-20-14-18(4-6-23(20)32-22-2-1-3-22)19-8-9-27-25(15-19)29-24-7-5-21(17-28-24)30-10-12-31-13-11-30/h4-9,14-15,17,22H,1-3,10-13H2,(H,27,28,29). The van der Waals surface area contributed by atoms with E-state index >= 15 is 0 Å². The normalized spacial score (nSPS) is 16.2. The van der Waals surface area contributed by atoms with Crippen LogP contribution in [0.1, 0.15) is 24.8 Å². The molecule has 0 atom stereocenters. The van der Waals surface area contributed by atoms with Gasteiger partial charge in [0, 0.05) is 19.3 Å². The molecule has 0 bridgehead atoms. The van der Waals surface area contributed by atoms with Gasteiger partial charge in [-0.2, -0.15) is 5.26 Å². The van der Waals surface area contributed by atoms with Crippen LogP contribution < -0.4 is 15.0 Å². The van der Waals surface area contributed by atoms with Gasteiger partial charge in [0.2, 0.25) is 0 Å². The fourth-order valence-corrected chi connectivity index (χ4v) is 3.85. The molecule has 0 radical (unpaired) electrons. The first kappa shape index (κ1) is 20.3. The summed E-state index contributed by atoms with van der Waals surface area (Å²) in [4.78, 5) is 11.2. The predicted octanol–water partition coefficient (Wildman–Crippen LogP) is 4.53. The lowest BCUT2D eigenvalue weighted by molar-refractivity contribution is 0.120. The third kappa shape index (κ3) is 4.51. The quantitative estimate of drug-likeness (QED) is 0.619. The van der Waals surface area contributed by atoms with Gasteiger partial charge in [0.05, 0.1) is 36.8 Å². The van der Waals surface area contributed by atoms with Crippen molar-refractivity contribution in [1.29, 1.82) is 5.26 Å². The minimum Gasteiger partial charge on any atom is -0.489 e. The molecule has 3 aromatic rings. The van der Waals surface area contributed by atoms with Gasteiger partial charge in [-0.15, -0.1) is 0 Å². The Morgan fingerprint density at radius 3 is 2.56 bits per heavy atom. The summed E-state index contributed by atoms with van der Waals surface area (Å²) in [5.41, 5.74) is 3.57. The first-order valence-electron chi connectivity index (χ1n) is 11.0. The molecule has 1 aromatic carbocycles. The highest BCUT2D eigenvalue weighted by molar-refractivity contribution is 5.70. The van der Waals surface area contributed by atoms with Crippen molar-refractivity contribution in [1.82, 2.24) is 9.97 Å². The van der Waals surface area contributed by atoms with Crippen LogP contribution in [0.2, 0.25) is 0 Å². The number of nitrogens with zero attached hydrogens (tertiary/aromatic N) is 4. The minimum atomic E-state index is 0.242. The van der Waals surface area contributed by atoms with Crippen LogP contribution in [0.5, 0.6) is 5.75 Å². The first-order valence-corrected chi connectivity index (χ1v) is 11.0. The Morgan fingerprint density at radius 2 is 1.84 bits per heavy atom. The topological polar surface area (TPSA) is 83.3 Å². The highest BCUT2D eigenvalue weighted by Crippen LogP contribution is 2.31. The van der Waals surface area contributed by atoms with Gasteiger partial charge in [-0.25, -0.2) is 9.97 Å². The van der Waals surface area contributed by atoms with E-state index in [9.17, 15) is 5.26 Å². The highest BCUT2D eigenvalue weighted by atomic mass is 16.5. The van der Waals surface area contributed by atoms with E-state index in [1.165, 1.54) is 6.42 Å². The summed E-state index contributed by atoms with van der Waals surface area (Å²) in [5, 5.41) is 12.9. The second-order valence-corrected chi connectivity index (χ2v) is 8.05.